The summed E-state index contributed by atoms with van der Waals surface area (Å²) in [4.78, 5) is 27.4. The molecule has 3 aromatic carbocycles. The number of carbonyl (C=O) groups excluding carboxylic acids is 2. The summed E-state index contributed by atoms with van der Waals surface area (Å²) in [6, 6.07) is 24.6. The van der Waals surface area contributed by atoms with Gasteiger partial charge in [0.05, 0.1) is 17.4 Å². The second-order valence-electron chi connectivity index (χ2n) is 8.08. The Morgan fingerprint density at radius 3 is 2.38 bits per heavy atom. The van der Waals surface area contributed by atoms with Gasteiger partial charge in [0, 0.05) is 5.69 Å². The maximum atomic E-state index is 13.5. The molecule has 34 heavy (non-hydrogen) atoms. The molecule has 1 aliphatic heterocycles. The van der Waals surface area contributed by atoms with E-state index in [9.17, 15) is 9.59 Å². The first-order valence-electron chi connectivity index (χ1n) is 11.7. The van der Waals surface area contributed by atoms with E-state index in [0.29, 0.717) is 12.2 Å². The smallest absolute Gasteiger partial charge is 0.338 e. The zero-order valence-corrected chi connectivity index (χ0v) is 20.3. The molecule has 5 nitrogen and oxygen atoms in total. The average Bonchev–Trinajstić information content (AvgIpc) is 3.19. The van der Waals surface area contributed by atoms with Gasteiger partial charge >= 0.3 is 5.97 Å². The van der Waals surface area contributed by atoms with Gasteiger partial charge in [0.15, 0.2) is 0 Å². The van der Waals surface area contributed by atoms with Gasteiger partial charge in [-0.05, 0) is 67.4 Å². The predicted octanol–water partition coefficient (Wildman–Crippen LogP) is 6.99. The maximum absolute atomic E-state index is 13.5. The Hall–Kier alpha value is -3.25. The summed E-state index contributed by atoms with van der Waals surface area (Å²) in [5.41, 5.74) is 2.24. The number of ether oxygens (including phenoxy) is 2. The molecule has 0 aliphatic carbocycles. The van der Waals surface area contributed by atoms with Crippen molar-refractivity contribution in [3.8, 4) is 11.5 Å². The third kappa shape index (κ3) is 5.45. The fraction of sp³-hybridized carbons (Fsp3) is 0.286. The van der Waals surface area contributed by atoms with Crippen molar-refractivity contribution in [2.75, 3.05) is 11.5 Å². The molecule has 1 fully saturated rings. The average molecular weight is 476 g/mol. The molecular weight excluding hydrogens is 446 g/mol. The molecule has 3 aromatic rings. The van der Waals surface area contributed by atoms with E-state index >= 15 is 0 Å². The molecule has 0 N–H and O–H groups in total. The first kappa shape index (κ1) is 23.9. The second kappa shape index (κ2) is 11.3. The van der Waals surface area contributed by atoms with Crippen LogP contribution < -0.4 is 9.64 Å². The van der Waals surface area contributed by atoms with Crippen LogP contribution in [0.25, 0.3) is 0 Å². The van der Waals surface area contributed by atoms with Crippen LogP contribution in [-0.2, 0) is 9.53 Å². The van der Waals surface area contributed by atoms with Crippen LogP contribution in [0.15, 0.2) is 78.9 Å². The molecule has 1 aliphatic rings. The van der Waals surface area contributed by atoms with Crippen LogP contribution in [0, 0.1) is 0 Å². The molecule has 1 heterocycles. The zero-order chi connectivity index (χ0) is 23.9. The van der Waals surface area contributed by atoms with Gasteiger partial charge in [-0.3, -0.25) is 9.69 Å². The van der Waals surface area contributed by atoms with E-state index in [-0.39, 0.29) is 22.5 Å². The van der Waals surface area contributed by atoms with Crippen molar-refractivity contribution in [1.29, 1.82) is 0 Å². The van der Waals surface area contributed by atoms with E-state index in [0.717, 1.165) is 42.0 Å². The normalized spacial score (nSPS) is 17.6. The molecule has 1 amide bonds. The largest absolute Gasteiger partial charge is 0.462 e. The van der Waals surface area contributed by atoms with Crippen LogP contribution in [0.3, 0.4) is 0 Å². The van der Waals surface area contributed by atoms with Crippen LogP contribution in [0.1, 0.15) is 54.4 Å². The van der Waals surface area contributed by atoms with E-state index in [1.807, 2.05) is 71.6 Å². The molecule has 1 saturated heterocycles. The SMILES string of the molecule is CCCCC1SC(c2cccc(Oc3ccccc3)c2)N(c2ccc(C(=O)OCC)cc2)C1=O. The molecule has 6 heteroatoms. The van der Waals surface area contributed by atoms with Crippen molar-refractivity contribution in [3.05, 3.63) is 90.0 Å². The van der Waals surface area contributed by atoms with E-state index < -0.39 is 0 Å². The number of esters is 1. The molecule has 2 atom stereocenters. The summed E-state index contributed by atoms with van der Waals surface area (Å²) < 4.78 is 11.1. The number of thioether (sulfide) groups is 1. The molecule has 0 radical (unpaired) electrons. The van der Waals surface area contributed by atoms with E-state index in [1.165, 1.54) is 0 Å². The number of hydrogen-bond donors (Lipinski definition) is 0. The number of hydrogen-bond acceptors (Lipinski definition) is 5. The van der Waals surface area contributed by atoms with Crippen molar-refractivity contribution in [1.82, 2.24) is 0 Å². The van der Waals surface area contributed by atoms with Gasteiger partial charge in [-0.25, -0.2) is 4.79 Å². The third-order valence-corrected chi connectivity index (χ3v) is 7.15. The molecule has 0 saturated carbocycles. The lowest BCUT2D eigenvalue weighted by atomic mass is 10.1. The summed E-state index contributed by atoms with van der Waals surface area (Å²) >= 11 is 1.68. The number of rotatable bonds is 9. The Morgan fingerprint density at radius 1 is 0.941 bits per heavy atom. The highest BCUT2D eigenvalue weighted by atomic mass is 32.2. The molecular formula is C28H29NO4S. The van der Waals surface area contributed by atoms with E-state index in [1.54, 1.807) is 30.8 Å². The number of anilines is 1. The van der Waals surface area contributed by atoms with Crippen molar-refractivity contribution in [2.45, 2.75) is 43.7 Å². The minimum atomic E-state index is -0.362. The summed E-state index contributed by atoms with van der Waals surface area (Å²) in [7, 11) is 0. The van der Waals surface area contributed by atoms with Gasteiger partial charge in [0.2, 0.25) is 5.91 Å². The number of para-hydroxylation sites is 1. The van der Waals surface area contributed by atoms with Gasteiger partial charge in [-0.2, -0.15) is 0 Å². The molecule has 176 valence electrons. The first-order valence-corrected chi connectivity index (χ1v) is 12.6. The summed E-state index contributed by atoms with van der Waals surface area (Å²) in [6.45, 7) is 4.24. The first-order chi connectivity index (χ1) is 16.6. The summed E-state index contributed by atoms with van der Waals surface area (Å²) in [6.07, 6.45) is 2.89. The Labute approximate surface area is 205 Å². The monoisotopic (exact) mass is 475 g/mol. The molecule has 2 unspecified atom stereocenters. The van der Waals surface area contributed by atoms with Gasteiger partial charge in [-0.15, -0.1) is 11.8 Å². The van der Waals surface area contributed by atoms with Gasteiger partial charge < -0.3 is 9.47 Å². The van der Waals surface area contributed by atoms with Crippen LogP contribution >= 0.6 is 11.8 Å². The number of unbranched alkanes of at least 4 members (excludes halogenated alkanes) is 1. The Kier molecular flexibility index (Phi) is 7.91. The van der Waals surface area contributed by atoms with Crippen molar-refractivity contribution in [2.24, 2.45) is 0 Å². The minimum absolute atomic E-state index is 0.0988. The quantitative estimate of drug-likeness (QED) is 0.312. The highest BCUT2D eigenvalue weighted by Gasteiger charge is 2.41. The van der Waals surface area contributed by atoms with Crippen LogP contribution in [-0.4, -0.2) is 23.7 Å². The number of carbonyl (C=O) groups is 2. The van der Waals surface area contributed by atoms with Crippen molar-refractivity contribution < 1.29 is 19.1 Å². The lowest BCUT2D eigenvalue weighted by Gasteiger charge is -2.25. The number of nitrogens with zero attached hydrogens (tertiary/aromatic N) is 1. The molecule has 0 aromatic heterocycles. The lowest BCUT2D eigenvalue weighted by molar-refractivity contribution is -0.117. The molecule has 0 bridgehead atoms. The van der Waals surface area contributed by atoms with Gasteiger partial charge in [0.25, 0.3) is 0 Å². The van der Waals surface area contributed by atoms with Crippen molar-refractivity contribution in [3.63, 3.8) is 0 Å². The Balaban J connectivity index is 1.63. The number of benzene rings is 3. The Morgan fingerprint density at radius 2 is 1.68 bits per heavy atom. The van der Waals surface area contributed by atoms with Crippen LogP contribution in [0.2, 0.25) is 0 Å². The van der Waals surface area contributed by atoms with Gasteiger partial charge in [0.1, 0.15) is 16.9 Å². The highest BCUT2D eigenvalue weighted by molar-refractivity contribution is 8.01. The predicted molar refractivity (Wildman–Crippen MR) is 136 cm³/mol. The topological polar surface area (TPSA) is 55.8 Å². The highest BCUT2D eigenvalue weighted by Crippen LogP contribution is 2.47. The van der Waals surface area contributed by atoms with Crippen molar-refractivity contribution >= 4 is 29.3 Å². The van der Waals surface area contributed by atoms with E-state index in [4.69, 9.17) is 9.47 Å². The lowest BCUT2D eigenvalue weighted by Crippen LogP contribution is -2.31. The zero-order valence-electron chi connectivity index (χ0n) is 19.5. The second-order valence-corrected chi connectivity index (χ2v) is 9.37. The number of amides is 1. The fourth-order valence-corrected chi connectivity index (χ4v) is 5.44. The molecule has 4 rings (SSSR count). The maximum Gasteiger partial charge on any atom is 0.338 e. The summed E-state index contributed by atoms with van der Waals surface area (Å²) in [5.74, 6) is 1.23. The summed E-state index contributed by atoms with van der Waals surface area (Å²) in [5, 5.41) is -0.282. The van der Waals surface area contributed by atoms with Gasteiger partial charge in [-0.1, -0.05) is 50.1 Å². The van der Waals surface area contributed by atoms with Crippen LogP contribution in [0.5, 0.6) is 11.5 Å². The van der Waals surface area contributed by atoms with E-state index in [2.05, 4.69) is 6.92 Å². The molecule has 0 spiro atoms. The van der Waals surface area contributed by atoms with Crippen LogP contribution in [0.4, 0.5) is 5.69 Å². The minimum Gasteiger partial charge on any atom is -0.462 e. The Bertz CT molecular complexity index is 1120. The standard InChI is InChI=1S/C28H29NO4S/c1-3-5-14-25-26(30)29(22-17-15-20(16-18-22)28(31)32-4-2)27(34-25)21-10-9-13-24(19-21)33-23-11-7-6-8-12-23/h6-13,15-19,25,27H,3-5,14H2,1-2H3. The third-order valence-electron chi connectivity index (χ3n) is 5.64. The fourth-order valence-electron chi connectivity index (χ4n) is 3.95.